The number of carbonyl (C=O) groups is 2. The molecule has 3 N–H and O–H groups in total. The van der Waals surface area contributed by atoms with Crippen molar-refractivity contribution in [3.05, 3.63) is 0 Å². The lowest BCUT2D eigenvalue weighted by Crippen LogP contribution is -2.40. The number of nitrogens with one attached hydrogen (secondary N) is 1. The van der Waals surface area contributed by atoms with Crippen LogP contribution in [-0.4, -0.2) is 43.4 Å². The van der Waals surface area contributed by atoms with Gasteiger partial charge in [0, 0.05) is 39.5 Å². The average molecular weight is 243 g/mol. The van der Waals surface area contributed by atoms with Gasteiger partial charge in [0.15, 0.2) is 0 Å². The van der Waals surface area contributed by atoms with Crippen LogP contribution in [0.3, 0.4) is 0 Å². The molecule has 0 aromatic heterocycles. The summed E-state index contributed by atoms with van der Waals surface area (Å²) in [4.78, 5) is 24.3. The number of hydrogen-bond acceptors (Lipinski definition) is 3. The molecular formula is C12H25N3O2. The molecule has 5 heteroatoms. The third-order valence-corrected chi connectivity index (χ3v) is 2.68. The van der Waals surface area contributed by atoms with Crippen LogP contribution < -0.4 is 11.1 Å². The molecule has 0 spiro atoms. The van der Waals surface area contributed by atoms with Gasteiger partial charge < -0.3 is 16.0 Å². The minimum atomic E-state index is -0.174. The Morgan fingerprint density at radius 2 is 1.82 bits per heavy atom. The van der Waals surface area contributed by atoms with E-state index in [2.05, 4.69) is 5.32 Å². The molecule has 2 amide bonds. The van der Waals surface area contributed by atoms with Crippen LogP contribution in [0.15, 0.2) is 0 Å². The molecule has 0 aromatic rings. The van der Waals surface area contributed by atoms with Gasteiger partial charge in [0.2, 0.25) is 11.8 Å². The summed E-state index contributed by atoms with van der Waals surface area (Å²) in [7, 11) is 3.39. The smallest absolute Gasteiger partial charge is 0.223 e. The van der Waals surface area contributed by atoms with Crippen LogP contribution in [0.4, 0.5) is 0 Å². The predicted octanol–water partition coefficient (Wildman–Crippen LogP) is 0.344. The molecule has 0 heterocycles. The van der Waals surface area contributed by atoms with E-state index in [9.17, 15) is 9.59 Å². The van der Waals surface area contributed by atoms with E-state index < -0.39 is 0 Å². The minimum Gasteiger partial charge on any atom is -0.356 e. The van der Waals surface area contributed by atoms with E-state index in [1.54, 1.807) is 14.1 Å². The number of hydrogen-bond donors (Lipinski definition) is 2. The number of rotatable bonds is 5. The summed E-state index contributed by atoms with van der Waals surface area (Å²) >= 11 is 0. The van der Waals surface area contributed by atoms with Gasteiger partial charge in [-0.25, -0.2) is 0 Å². The third kappa shape index (κ3) is 6.94. The van der Waals surface area contributed by atoms with Crippen LogP contribution in [0.2, 0.25) is 0 Å². The Kier molecular flexibility index (Phi) is 6.16. The standard InChI is InChI=1S/C12H25N3O2/c1-12(2,3)9(13)8-10(16)14-7-6-11(17)15(4)5/h9H,6-8,13H2,1-5H3,(H,14,16). The molecule has 0 saturated carbocycles. The zero-order valence-electron chi connectivity index (χ0n) is 11.5. The van der Waals surface area contributed by atoms with Crippen molar-refractivity contribution in [3.8, 4) is 0 Å². The number of carbonyl (C=O) groups excluding carboxylic acids is 2. The van der Waals surface area contributed by atoms with Gasteiger partial charge in [-0.1, -0.05) is 20.8 Å². The first kappa shape index (κ1) is 15.9. The first-order chi connectivity index (χ1) is 7.64. The van der Waals surface area contributed by atoms with E-state index in [1.165, 1.54) is 4.90 Å². The van der Waals surface area contributed by atoms with E-state index in [4.69, 9.17) is 5.73 Å². The fourth-order valence-corrected chi connectivity index (χ4v) is 1.11. The second kappa shape index (κ2) is 6.59. The quantitative estimate of drug-likeness (QED) is 0.731. The molecule has 0 rings (SSSR count). The molecule has 0 aromatic carbocycles. The highest BCUT2D eigenvalue weighted by Gasteiger charge is 2.22. The minimum absolute atomic E-state index is 0.00502. The molecule has 0 radical (unpaired) electrons. The lowest BCUT2D eigenvalue weighted by atomic mass is 9.85. The maximum Gasteiger partial charge on any atom is 0.223 e. The molecule has 0 fully saturated rings. The molecule has 100 valence electrons. The van der Waals surface area contributed by atoms with E-state index in [-0.39, 0.29) is 23.3 Å². The van der Waals surface area contributed by atoms with Gasteiger partial charge in [-0.3, -0.25) is 9.59 Å². The van der Waals surface area contributed by atoms with Gasteiger partial charge in [0.25, 0.3) is 0 Å². The molecule has 17 heavy (non-hydrogen) atoms. The number of nitrogens with zero attached hydrogens (tertiary/aromatic N) is 1. The topological polar surface area (TPSA) is 75.4 Å². The van der Waals surface area contributed by atoms with Crippen molar-refractivity contribution in [2.75, 3.05) is 20.6 Å². The van der Waals surface area contributed by atoms with Crippen molar-refractivity contribution in [1.82, 2.24) is 10.2 Å². The first-order valence-electron chi connectivity index (χ1n) is 5.87. The molecule has 0 aliphatic rings. The molecular weight excluding hydrogens is 218 g/mol. The summed E-state index contributed by atoms with van der Waals surface area (Å²) < 4.78 is 0. The first-order valence-corrected chi connectivity index (χ1v) is 5.87. The Morgan fingerprint density at radius 1 is 1.29 bits per heavy atom. The summed E-state index contributed by atoms with van der Waals surface area (Å²) in [5.74, 6) is -0.0931. The van der Waals surface area contributed by atoms with Gasteiger partial charge in [0.05, 0.1) is 0 Å². The van der Waals surface area contributed by atoms with Gasteiger partial charge in [-0.2, -0.15) is 0 Å². The summed E-state index contributed by atoms with van der Waals surface area (Å²) in [5, 5.41) is 2.70. The fraction of sp³-hybridized carbons (Fsp3) is 0.833. The monoisotopic (exact) mass is 243 g/mol. The predicted molar refractivity (Wildman–Crippen MR) is 68.4 cm³/mol. The summed E-state index contributed by atoms with van der Waals surface area (Å²) in [6.45, 7) is 6.37. The fourth-order valence-electron chi connectivity index (χ4n) is 1.11. The van der Waals surface area contributed by atoms with Gasteiger partial charge in [-0.05, 0) is 5.41 Å². The Labute approximate surface area is 104 Å². The molecule has 0 saturated heterocycles. The Balaban J connectivity index is 3.86. The van der Waals surface area contributed by atoms with E-state index in [0.717, 1.165) is 0 Å². The van der Waals surface area contributed by atoms with E-state index in [1.807, 2.05) is 20.8 Å². The van der Waals surface area contributed by atoms with Crippen LogP contribution >= 0.6 is 0 Å². The second-order valence-corrected chi connectivity index (χ2v) is 5.56. The average Bonchev–Trinajstić information content (AvgIpc) is 2.15. The highest BCUT2D eigenvalue weighted by atomic mass is 16.2. The zero-order chi connectivity index (χ0) is 13.6. The summed E-state index contributed by atoms with van der Waals surface area (Å²) in [5.41, 5.74) is 5.81. The summed E-state index contributed by atoms with van der Waals surface area (Å²) in [6.07, 6.45) is 0.614. The molecule has 5 nitrogen and oxygen atoms in total. The number of nitrogens with two attached hydrogens (primary N) is 1. The lowest BCUT2D eigenvalue weighted by molar-refractivity contribution is -0.128. The molecule has 1 atom stereocenters. The Morgan fingerprint density at radius 3 is 2.24 bits per heavy atom. The maximum absolute atomic E-state index is 11.5. The van der Waals surface area contributed by atoms with Crippen molar-refractivity contribution in [3.63, 3.8) is 0 Å². The Bertz CT molecular complexity index is 269. The molecule has 1 unspecified atom stereocenters. The van der Waals surface area contributed by atoms with Crippen LogP contribution in [0.5, 0.6) is 0 Å². The summed E-state index contributed by atoms with van der Waals surface area (Å²) in [6, 6.07) is -0.174. The van der Waals surface area contributed by atoms with Crippen molar-refractivity contribution in [2.45, 2.75) is 39.7 Å². The van der Waals surface area contributed by atoms with Crippen molar-refractivity contribution in [2.24, 2.45) is 11.1 Å². The molecule has 0 bridgehead atoms. The molecule has 0 aliphatic carbocycles. The van der Waals surface area contributed by atoms with Crippen LogP contribution in [0, 0.1) is 5.41 Å². The number of amides is 2. The lowest BCUT2D eigenvalue weighted by Gasteiger charge is -2.26. The van der Waals surface area contributed by atoms with Gasteiger partial charge >= 0.3 is 0 Å². The maximum atomic E-state index is 11.5. The van der Waals surface area contributed by atoms with Crippen molar-refractivity contribution < 1.29 is 9.59 Å². The van der Waals surface area contributed by atoms with Gasteiger partial charge in [-0.15, -0.1) is 0 Å². The normalized spacial score (nSPS) is 13.1. The van der Waals surface area contributed by atoms with Crippen molar-refractivity contribution >= 4 is 11.8 Å². The van der Waals surface area contributed by atoms with E-state index >= 15 is 0 Å². The van der Waals surface area contributed by atoms with Crippen LogP contribution in [-0.2, 0) is 9.59 Å². The third-order valence-electron chi connectivity index (χ3n) is 2.68. The van der Waals surface area contributed by atoms with Gasteiger partial charge in [0.1, 0.15) is 0 Å². The van der Waals surface area contributed by atoms with Crippen LogP contribution in [0.25, 0.3) is 0 Å². The largest absolute Gasteiger partial charge is 0.356 e. The second-order valence-electron chi connectivity index (χ2n) is 5.56. The Hall–Kier alpha value is -1.10. The van der Waals surface area contributed by atoms with Crippen LogP contribution in [0.1, 0.15) is 33.6 Å². The highest BCUT2D eigenvalue weighted by Crippen LogP contribution is 2.19. The SMILES string of the molecule is CN(C)C(=O)CCNC(=O)CC(N)C(C)(C)C. The van der Waals surface area contributed by atoms with E-state index in [0.29, 0.717) is 19.4 Å². The molecule has 0 aliphatic heterocycles. The zero-order valence-corrected chi connectivity index (χ0v) is 11.5. The highest BCUT2D eigenvalue weighted by molar-refractivity contribution is 5.79. The van der Waals surface area contributed by atoms with Crippen molar-refractivity contribution in [1.29, 1.82) is 0 Å².